The van der Waals surface area contributed by atoms with Crippen molar-refractivity contribution in [2.24, 2.45) is 0 Å². The van der Waals surface area contributed by atoms with Gasteiger partial charge in [-0.15, -0.1) is 0 Å². The van der Waals surface area contributed by atoms with E-state index in [2.05, 4.69) is 0 Å². The van der Waals surface area contributed by atoms with Gasteiger partial charge in [0, 0.05) is 11.1 Å². The van der Waals surface area contributed by atoms with Gasteiger partial charge in [0.1, 0.15) is 18.3 Å². The van der Waals surface area contributed by atoms with Crippen LogP contribution < -0.4 is 0 Å². The number of carboxylic acid groups (broad SMARTS) is 1. The maximum atomic E-state index is 11.6. The Bertz CT molecular complexity index is 972. The zero-order valence-electron chi connectivity index (χ0n) is 18.1. The molecule has 7 nitrogen and oxygen atoms in total. The summed E-state index contributed by atoms with van der Waals surface area (Å²) in [5.74, 6) is -1.37. The SMILES string of the molecule is Cc1ccc(C2OC[C@@H]3OC(c4ccc(C)c(C)c4)O[C@H]([C@H](O)C(=O)O)[C@@H]3O2)cc1C. The minimum Gasteiger partial charge on any atom is -0.479 e. The topological polar surface area (TPSA) is 94.5 Å². The summed E-state index contributed by atoms with van der Waals surface area (Å²) in [6.45, 7) is 8.20. The summed E-state index contributed by atoms with van der Waals surface area (Å²) in [6, 6.07) is 11.6. The lowest BCUT2D eigenvalue weighted by atomic mass is 9.98. The van der Waals surface area contributed by atoms with Crippen LogP contribution in [0.15, 0.2) is 36.4 Å². The average Bonchev–Trinajstić information content (AvgIpc) is 2.75. The van der Waals surface area contributed by atoms with Crippen LogP contribution in [0.5, 0.6) is 0 Å². The standard InChI is InChI=1S/C24H28O7/c1-12-5-7-16(9-14(12)3)23-28-11-18-20(30-23)21(19(25)22(26)27)31-24(29-18)17-8-6-13(2)15(4)10-17/h5-10,18-21,23-25H,11H2,1-4H3,(H,26,27)/t18-,19-,20+,21+,23?,24?/m0/s1. The predicted molar refractivity (Wildman–Crippen MR) is 112 cm³/mol. The van der Waals surface area contributed by atoms with Crippen LogP contribution in [0.25, 0.3) is 0 Å². The Morgan fingerprint density at radius 2 is 1.45 bits per heavy atom. The van der Waals surface area contributed by atoms with Crippen molar-refractivity contribution in [3.05, 3.63) is 69.8 Å². The Kier molecular flexibility index (Phi) is 6.14. The van der Waals surface area contributed by atoms with Gasteiger partial charge < -0.3 is 29.2 Å². The van der Waals surface area contributed by atoms with E-state index in [-0.39, 0.29) is 6.61 Å². The summed E-state index contributed by atoms with van der Waals surface area (Å²) < 4.78 is 24.0. The molecule has 166 valence electrons. The first-order valence-corrected chi connectivity index (χ1v) is 10.4. The van der Waals surface area contributed by atoms with Crippen molar-refractivity contribution in [1.29, 1.82) is 0 Å². The fourth-order valence-electron chi connectivity index (χ4n) is 3.91. The molecule has 2 aliphatic rings. The maximum Gasteiger partial charge on any atom is 0.335 e. The zero-order valence-corrected chi connectivity index (χ0v) is 18.1. The first-order chi connectivity index (χ1) is 14.7. The van der Waals surface area contributed by atoms with Crippen molar-refractivity contribution in [2.45, 2.75) is 64.7 Å². The van der Waals surface area contributed by atoms with Crippen LogP contribution in [0.2, 0.25) is 0 Å². The number of fused-ring (bicyclic) bond motifs is 1. The largest absolute Gasteiger partial charge is 0.479 e. The fourth-order valence-corrected chi connectivity index (χ4v) is 3.91. The molecule has 0 spiro atoms. The molecule has 4 rings (SSSR count). The van der Waals surface area contributed by atoms with Crippen molar-refractivity contribution in [3.8, 4) is 0 Å². The van der Waals surface area contributed by atoms with E-state index < -0.39 is 43.0 Å². The molecule has 2 heterocycles. The van der Waals surface area contributed by atoms with E-state index >= 15 is 0 Å². The fraction of sp³-hybridized carbons (Fsp3) is 0.458. The molecule has 0 bridgehead atoms. The number of aliphatic hydroxyl groups excluding tert-OH is 1. The second kappa shape index (κ2) is 8.68. The van der Waals surface area contributed by atoms with Crippen molar-refractivity contribution >= 4 is 5.97 Å². The molecule has 0 radical (unpaired) electrons. The molecular formula is C24H28O7. The summed E-state index contributed by atoms with van der Waals surface area (Å²) >= 11 is 0. The summed E-state index contributed by atoms with van der Waals surface area (Å²) in [5, 5.41) is 19.8. The normalized spacial score (nSPS) is 29.3. The Morgan fingerprint density at radius 3 is 2.00 bits per heavy atom. The van der Waals surface area contributed by atoms with Crippen LogP contribution >= 0.6 is 0 Å². The van der Waals surface area contributed by atoms with Crippen LogP contribution in [-0.2, 0) is 23.7 Å². The third-order valence-electron chi connectivity index (χ3n) is 6.13. The number of aliphatic carboxylic acids is 1. The number of aliphatic hydroxyl groups is 1. The van der Waals surface area contributed by atoms with Gasteiger partial charge in [-0.05, 0) is 49.9 Å². The summed E-state index contributed by atoms with van der Waals surface area (Å²) in [7, 11) is 0. The number of hydrogen-bond acceptors (Lipinski definition) is 6. The highest BCUT2D eigenvalue weighted by atomic mass is 16.8. The molecule has 0 aromatic heterocycles. The molecule has 0 aliphatic carbocycles. The third kappa shape index (κ3) is 4.37. The number of rotatable bonds is 4. The first kappa shape index (κ1) is 21.9. The van der Waals surface area contributed by atoms with E-state index in [4.69, 9.17) is 18.9 Å². The minimum absolute atomic E-state index is 0.190. The third-order valence-corrected chi connectivity index (χ3v) is 6.13. The lowest BCUT2D eigenvalue weighted by molar-refractivity contribution is -0.371. The summed E-state index contributed by atoms with van der Waals surface area (Å²) in [5.41, 5.74) is 6.01. The van der Waals surface area contributed by atoms with Gasteiger partial charge >= 0.3 is 5.97 Å². The monoisotopic (exact) mass is 428 g/mol. The molecule has 2 saturated heterocycles. The van der Waals surface area contributed by atoms with Crippen molar-refractivity contribution in [2.75, 3.05) is 6.61 Å². The van der Waals surface area contributed by atoms with E-state index in [9.17, 15) is 15.0 Å². The van der Waals surface area contributed by atoms with Gasteiger partial charge in [0.2, 0.25) is 0 Å². The number of ether oxygens (including phenoxy) is 4. The molecule has 31 heavy (non-hydrogen) atoms. The zero-order chi connectivity index (χ0) is 22.3. The van der Waals surface area contributed by atoms with E-state index in [0.717, 1.165) is 33.4 Å². The van der Waals surface area contributed by atoms with Crippen molar-refractivity contribution in [1.82, 2.24) is 0 Å². The Hall–Kier alpha value is -2.29. The van der Waals surface area contributed by atoms with Crippen molar-refractivity contribution in [3.63, 3.8) is 0 Å². The van der Waals surface area contributed by atoms with Gasteiger partial charge in [-0.2, -0.15) is 0 Å². The smallest absolute Gasteiger partial charge is 0.335 e. The Labute approximate surface area is 181 Å². The summed E-state index contributed by atoms with van der Waals surface area (Å²) in [6.07, 6.45) is -5.78. The number of hydrogen-bond donors (Lipinski definition) is 2. The molecule has 0 saturated carbocycles. The average molecular weight is 428 g/mol. The highest BCUT2D eigenvalue weighted by Crippen LogP contribution is 2.39. The van der Waals surface area contributed by atoms with Crippen molar-refractivity contribution < 1.29 is 34.0 Å². The molecule has 2 aromatic carbocycles. The molecule has 2 aromatic rings. The Morgan fingerprint density at radius 1 is 0.871 bits per heavy atom. The number of carbonyl (C=O) groups is 1. The van der Waals surface area contributed by atoms with Crippen LogP contribution in [0.4, 0.5) is 0 Å². The van der Waals surface area contributed by atoms with E-state index in [1.807, 2.05) is 64.1 Å². The van der Waals surface area contributed by atoms with Crippen LogP contribution in [0.1, 0.15) is 46.0 Å². The minimum atomic E-state index is -1.76. The number of carboxylic acids is 1. The number of aryl methyl sites for hydroxylation is 4. The number of benzene rings is 2. The molecule has 0 amide bonds. The molecule has 6 atom stereocenters. The molecule has 2 aliphatic heterocycles. The molecule has 2 unspecified atom stereocenters. The lowest BCUT2D eigenvalue weighted by Crippen LogP contribution is -2.59. The highest BCUT2D eigenvalue weighted by molar-refractivity contribution is 5.72. The second-order valence-corrected chi connectivity index (χ2v) is 8.34. The van der Waals surface area contributed by atoms with Crippen LogP contribution in [-0.4, -0.2) is 47.2 Å². The first-order valence-electron chi connectivity index (χ1n) is 10.4. The van der Waals surface area contributed by atoms with Gasteiger partial charge in [-0.1, -0.05) is 36.4 Å². The quantitative estimate of drug-likeness (QED) is 0.772. The van der Waals surface area contributed by atoms with Crippen LogP contribution in [0.3, 0.4) is 0 Å². The second-order valence-electron chi connectivity index (χ2n) is 8.34. The van der Waals surface area contributed by atoms with Gasteiger partial charge in [-0.3, -0.25) is 0 Å². The predicted octanol–water partition coefficient (Wildman–Crippen LogP) is 3.26. The lowest BCUT2D eigenvalue weighted by Gasteiger charge is -2.46. The maximum absolute atomic E-state index is 11.6. The van der Waals surface area contributed by atoms with Gasteiger partial charge in [0.15, 0.2) is 18.7 Å². The molecular weight excluding hydrogens is 400 g/mol. The van der Waals surface area contributed by atoms with E-state index in [1.54, 1.807) is 0 Å². The Balaban J connectivity index is 1.60. The van der Waals surface area contributed by atoms with Crippen LogP contribution in [0, 0.1) is 27.7 Å². The van der Waals surface area contributed by atoms with Gasteiger partial charge in [0.05, 0.1) is 6.61 Å². The molecule has 2 fully saturated rings. The molecule has 2 N–H and O–H groups in total. The highest BCUT2D eigenvalue weighted by Gasteiger charge is 2.50. The van der Waals surface area contributed by atoms with E-state index in [1.165, 1.54) is 0 Å². The van der Waals surface area contributed by atoms with Gasteiger partial charge in [0.25, 0.3) is 0 Å². The summed E-state index contributed by atoms with van der Waals surface area (Å²) in [4.78, 5) is 11.6. The van der Waals surface area contributed by atoms with E-state index in [0.29, 0.717) is 0 Å². The van der Waals surface area contributed by atoms with Gasteiger partial charge in [-0.25, -0.2) is 4.79 Å². The molecule has 7 heteroatoms.